The van der Waals surface area contributed by atoms with Crippen LogP contribution in [0.15, 0.2) is 0 Å². The van der Waals surface area contributed by atoms with Crippen LogP contribution >= 0.6 is 0 Å². The lowest BCUT2D eigenvalue weighted by Crippen LogP contribution is -2.46. The highest BCUT2D eigenvalue weighted by Crippen LogP contribution is 2.18. The molecule has 104 valence electrons. The molecule has 18 heavy (non-hydrogen) atoms. The highest BCUT2D eigenvalue weighted by Gasteiger charge is 2.24. The third-order valence-corrected chi connectivity index (χ3v) is 3.79. The van der Waals surface area contributed by atoms with Gasteiger partial charge in [-0.25, -0.2) is 0 Å². The summed E-state index contributed by atoms with van der Waals surface area (Å²) in [6.07, 6.45) is 6.75. The quantitative estimate of drug-likeness (QED) is 0.714. The maximum absolute atomic E-state index is 11.6. The Morgan fingerprint density at radius 1 is 1.28 bits per heavy atom. The standard InChI is InChI=1S/C14H27N3O/c1-2-8-15-13-4-3-9-17(11-13)10-7-14(18)16-12-5-6-12/h12-13,15H,2-11H2,1H3,(H,16,18). The first kappa shape index (κ1) is 13.8. The number of hydrogen-bond acceptors (Lipinski definition) is 3. The zero-order valence-corrected chi connectivity index (χ0v) is 11.6. The van der Waals surface area contributed by atoms with E-state index in [0.29, 0.717) is 18.5 Å². The molecule has 1 aliphatic carbocycles. The summed E-state index contributed by atoms with van der Waals surface area (Å²) in [5, 5.41) is 6.65. The van der Waals surface area contributed by atoms with Gasteiger partial charge in [0.25, 0.3) is 0 Å². The molecule has 0 radical (unpaired) electrons. The van der Waals surface area contributed by atoms with E-state index in [1.54, 1.807) is 0 Å². The molecule has 0 aromatic heterocycles. The molecule has 2 fully saturated rings. The Bertz CT molecular complexity index is 266. The van der Waals surface area contributed by atoms with E-state index in [-0.39, 0.29) is 5.91 Å². The van der Waals surface area contributed by atoms with Gasteiger partial charge in [-0.05, 0) is 45.2 Å². The molecular weight excluding hydrogens is 226 g/mol. The van der Waals surface area contributed by atoms with Crippen molar-refractivity contribution in [3.05, 3.63) is 0 Å². The zero-order chi connectivity index (χ0) is 12.8. The average Bonchev–Trinajstić information content (AvgIpc) is 3.18. The van der Waals surface area contributed by atoms with Crippen LogP contribution in [0.25, 0.3) is 0 Å². The first-order chi connectivity index (χ1) is 8.78. The molecule has 0 bridgehead atoms. The summed E-state index contributed by atoms with van der Waals surface area (Å²) in [5.41, 5.74) is 0. The minimum atomic E-state index is 0.237. The van der Waals surface area contributed by atoms with Gasteiger partial charge in [0.1, 0.15) is 0 Å². The topological polar surface area (TPSA) is 44.4 Å². The average molecular weight is 253 g/mol. The first-order valence-corrected chi connectivity index (χ1v) is 7.53. The Morgan fingerprint density at radius 3 is 2.83 bits per heavy atom. The van der Waals surface area contributed by atoms with Gasteiger partial charge in [0.05, 0.1) is 0 Å². The summed E-state index contributed by atoms with van der Waals surface area (Å²) >= 11 is 0. The SMILES string of the molecule is CCCNC1CCCN(CCC(=O)NC2CC2)C1. The number of carbonyl (C=O) groups excluding carboxylic acids is 1. The molecular formula is C14H27N3O. The third kappa shape index (κ3) is 4.94. The molecule has 1 saturated carbocycles. The molecule has 1 aliphatic heterocycles. The fourth-order valence-corrected chi connectivity index (χ4v) is 2.56. The normalized spacial score (nSPS) is 25.1. The van der Waals surface area contributed by atoms with Crippen LogP contribution in [0.2, 0.25) is 0 Å². The van der Waals surface area contributed by atoms with Crippen LogP contribution in [-0.2, 0) is 4.79 Å². The molecule has 1 atom stereocenters. The van der Waals surface area contributed by atoms with Crippen LogP contribution in [0.4, 0.5) is 0 Å². The molecule has 2 rings (SSSR count). The van der Waals surface area contributed by atoms with Crippen molar-refractivity contribution in [2.75, 3.05) is 26.2 Å². The predicted molar refractivity (Wildman–Crippen MR) is 73.5 cm³/mol. The lowest BCUT2D eigenvalue weighted by Gasteiger charge is -2.33. The van der Waals surface area contributed by atoms with Crippen molar-refractivity contribution >= 4 is 5.91 Å². The predicted octanol–water partition coefficient (Wildman–Crippen LogP) is 1.12. The number of piperidine rings is 1. The Morgan fingerprint density at radius 2 is 2.11 bits per heavy atom. The second kappa shape index (κ2) is 7.10. The summed E-state index contributed by atoms with van der Waals surface area (Å²) in [7, 11) is 0. The van der Waals surface area contributed by atoms with E-state index in [1.807, 2.05) is 0 Å². The minimum Gasteiger partial charge on any atom is -0.353 e. The molecule has 2 N–H and O–H groups in total. The van der Waals surface area contributed by atoms with Crippen molar-refractivity contribution < 1.29 is 4.79 Å². The maximum Gasteiger partial charge on any atom is 0.221 e. The number of nitrogens with zero attached hydrogens (tertiary/aromatic N) is 1. The van der Waals surface area contributed by atoms with Gasteiger partial charge >= 0.3 is 0 Å². The van der Waals surface area contributed by atoms with E-state index >= 15 is 0 Å². The van der Waals surface area contributed by atoms with E-state index in [0.717, 1.165) is 26.2 Å². The van der Waals surface area contributed by atoms with Gasteiger partial charge < -0.3 is 15.5 Å². The van der Waals surface area contributed by atoms with Crippen molar-refractivity contribution in [2.24, 2.45) is 0 Å². The van der Waals surface area contributed by atoms with Gasteiger partial charge in [-0.2, -0.15) is 0 Å². The van der Waals surface area contributed by atoms with Gasteiger partial charge in [0, 0.05) is 31.6 Å². The van der Waals surface area contributed by atoms with Gasteiger partial charge in [-0.1, -0.05) is 6.92 Å². The second-order valence-electron chi connectivity index (χ2n) is 5.69. The lowest BCUT2D eigenvalue weighted by atomic mass is 10.1. The lowest BCUT2D eigenvalue weighted by molar-refractivity contribution is -0.121. The number of hydrogen-bond donors (Lipinski definition) is 2. The number of nitrogens with one attached hydrogen (secondary N) is 2. The fraction of sp³-hybridized carbons (Fsp3) is 0.929. The maximum atomic E-state index is 11.6. The molecule has 1 unspecified atom stereocenters. The van der Waals surface area contributed by atoms with Crippen molar-refractivity contribution in [2.45, 2.75) is 57.5 Å². The van der Waals surface area contributed by atoms with Gasteiger partial charge in [0.15, 0.2) is 0 Å². The van der Waals surface area contributed by atoms with Crippen molar-refractivity contribution in [1.82, 2.24) is 15.5 Å². The van der Waals surface area contributed by atoms with E-state index in [4.69, 9.17) is 0 Å². The number of likely N-dealkylation sites (tertiary alicyclic amines) is 1. The Hall–Kier alpha value is -0.610. The van der Waals surface area contributed by atoms with Crippen LogP contribution in [0.5, 0.6) is 0 Å². The van der Waals surface area contributed by atoms with Crippen molar-refractivity contribution in [3.63, 3.8) is 0 Å². The van der Waals surface area contributed by atoms with Crippen LogP contribution in [0.1, 0.15) is 45.4 Å². The van der Waals surface area contributed by atoms with Crippen LogP contribution in [0.3, 0.4) is 0 Å². The molecule has 0 spiro atoms. The Labute approximate surface area is 110 Å². The number of rotatable bonds is 7. The van der Waals surface area contributed by atoms with Crippen molar-refractivity contribution in [3.8, 4) is 0 Å². The molecule has 0 aromatic rings. The molecule has 1 saturated heterocycles. The summed E-state index contributed by atoms with van der Waals surface area (Å²) in [4.78, 5) is 14.1. The number of amides is 1. The molecule has 1 amide bonds. The second-order valence-corrected chi connectivity index (χ2v) is 5.69. The van der Waals surface area contributed by atoms with Gasteiger partial charge in [-0.15, -0.1) is 0 Å². The fourth-order valence-electron chi connectivity index (χ4n) is 2.56. The summed E-state index contributed by atoms with van der Waals surface area (Å²) in [6, 6.07) is 1.13. The molecule has 0 aromatic carbocycles. The van der Waals surface area contributed by atoms with E-state index < -0.39 is 0 Å². The summed E-state index contributed by atoms with van der Waals surface area (Å²) in [6.45, 7) is 6.50. The monoisotopic (exact) mass is 253 g/mol. The van der Waals surface area contributed by atoms with Crippen LogP contribution in [0, 0.1) is 0 Å². The smallest absolute Gasteiger partial charge is 0.221 e. The minimum absolute atomic E-state index is 0.237. The highest BCUT2D eigenvalue weighted by molar-refractivity contribution is 5.76. The molecule has 4 nitrogen and oxygen atoms in total. The van der Waals surface area contributed by atoms with Crippen molar-refractivity contribution in [1.29, 1.82) is 0 Å². The molecule has 4 heteroatoms. The van der Waals surface area contributed by atoms with Crippen LogP contribution < -0.4 is 10.6 Å². The third-order valence-electron chi connectivity index (χ3n) is 3.79. The molecule has 1 heterocycles. The zero-order valence-electron chi connectivity index (χ0n) is 11.6. The van der Waals surface area contributed by atoms with Gasteiger partial charge in [-0.3, -0.25) is 4.79 Å². The van der Waals surface area contributed by atoms with E-state index in [2.05, 4.69) is 22.5 Å². The van der Waals surface area contributed by atoms with Crippen LogP contribution in [-0.4, -0.2) is 49.1 Å². The summed E-state index contributed by atoms with van der Waals surface area (Å²) in [5.74, 6) is 0.237. The van der Waals surface area contributed by atoms with Gasteiger partial charge in [0.2, 0.25) is 5.91 Å². The van der Waals surface area contributed by atoms with E-state index in [1.165, 1.54) is 32.1 Å². The van der Waals surface area contributed by atoms with E-state index in [9.17, 15) is 4.79 Å². The summed E-state index contributed by atoms with van der Waals surface area (Å²) < 4.78 is 0. The Kier molecular flexibility index (Phi) is 5.45. The Balaban J connectivity index is 1.60. The molecule has 2 aliphatic rings. The largest absolute Gasteiger partial charge is 0.353 e. The number of carbonyl (C=O) groups is 1. The first-order valence-electron chi connectivity index (χ1n) is 7.53. The highest BCUT2D eigenvalue weighted by atomic mass is 16.1.